The molecule has 2 aliphatic rings. The quantitative estimate of drug-likeness (QED) is 0.732. The molecule has 1 aromatic heterocycles. The maximum absolute atomic E-state index is 12.9. The summed E-state index contributed by atoms with van der Waals surface area (Å²) in [6, 6.07) is 4.11. The molecule has 0 aromatic carbocycles. The van der Waals surface area contributed by atoms with Crippen LogP contribution in [0.5, 0.6) is 0 Å². The van der Waals surface area contributed by atoms with E-state index in [1.54, 1.807) is 4.90 Å². The lowest BCUT2D eigenvalue weighted by atomic mass is 9.94. The van der Waals surface area contributed by atoms with Crippen molar-refractivity contribution in [1.29, 1.82) is 0 Å². The summed E-state index contributed by atoms with van der Waals surface area (Å²) in [5.74, 6) is 0.635. The van der Waals surface area contributed by atoms with Crippen LogP contribution in [-0.2, 0) is 9.53 Å². The van der Waals surface area contributed by atoms with E-state index in [2.05, 4.69) is 4.98 Å². The predicted octanol–water partition coefficient (Wildman–Crippen LogP) is 4.45. The summed E-state index contributed by atoms with van der Waals surface area (Å²) < 4.78 is 5.66. The molecule has 0 radical (unpaired) electrons. The number of anilines is 1. The predicted molar refractivity (Wildman–Crippen MR) is 105 cm³/mol. The van der Waals surface area contributed by atoms with Gasteiger partial charge in [-0.1, -0.05) is 25.3 Å². The van der Waals surface area contributed by atoms with Crippen molar-refractivity contribution in [3.05, 3.63) is 23.9 Å². The van der Waals surface area contributed by atoms with Crippen molar-refractivity contribution in [3.8, 4) is 0 Å². The van der Waals surface area contributed by atoms with Crippen LogP contribution in [0.15, 0.2) is 18.3 Å². The first-order valence-corrected chi connectivity index (χ1v) is 10.1. The number of ether oxygens (including phenoxy) is 1. The van der Waals surface area contributed by atoms with Gasteiger partial charge < -0.3 is 9.64 Å². The van der Waals surface area contributed by atoms with Crippen molar-refractivity contribution in [2.24, 2.45) is 0 Å². The van der Waals surface area contributed by atoms with Crippen LogP contribution < -0.4 is 4.90 Å². The molecule has 1 atom stereocenters. The second-order valence-electron chi connectivity index (χ2n) is 8.59. The van der Waals surface area contributed by atoms with Gasteiger partial charge in [-0.05, 0) is 58.1 Å². The summed E-state index contributed by atoms with van der Waals surface area (Å²) in [5.41, 5.74) is 0.481. The van der Waals surface area contributed by atoms with Crippen LogP contribution in [0.3, 0.4) is 0 Å². The standard InChI is InChI=1S/C21H31N3O3/c1-21(2,3)27-20(26)24(17-8-5-4-6-9-17)19-12-11-16(14-22-19)18-10-7-13-23(18)15-25/h11-12,14-15,17-18H,4-10,13H2,1-3H3. The minimum atomic E-state index is -0.543. The van der Waals surface area contributed by atoms with E-state index in [0.717, 1.165) is 57.0 Å². The Balaban J connectivity index is 1.83. The second kappa shape index (κ2) is 8.28. The van der Waals surface area contributed by atoms with Crippen molar-refractivity contribution in [3.63, 3.8) is 0 Å². The van der Waals surface area contributed by atoms with Gasteiger partial charge in [-0.2, -0.15) is 0 Å². The van der Waals surface area contributed by atoms with Crippen LogP contribution in [0.4, 0.5) is 10.6 Å². The third kappa shape index (κ3) is 4.79. The molecule has 1 saturated heterocycles. The van der Waals surface area contributed by atoms with E-state index in [1.165, 1.54) is 6.42 Å². The van der Waals surface area contributed by atoms with Crippen molar-refractivity contribution < 1.29 is 14.3 Å². The second-order valence-corrected chi connectivity index (χ2v) is 8.59. The van der Waals surface area contributed by atoms with Crippen LogP contribution in [-0.4, -0.2) is 40.6 Å². The Hall–Kier alpha value is -2.11. The highest BCUT2D eigenvalue weighted by Gasteiger charge is 2.32. The van der Waals surface area contributed by atoms with E-state index in [1.807, 2.05) is 44.0 Å². The molecular weight excluding hydrogens is 342 g/mol. The number of likely N-dealkylation sites (tertiary alicyclic amines) is 1. The number of carbonyl (C=O) groups excluding carboxylic acids is 2. The number of nitrogens with zero attached hydrogens (tertiary/aromatic N) is 3. The maximum atomic E-state index is 12.9. The summed E-state index contributed by atoms with van der Waals surface area (Å²) in [6.45, 7) is 6.44. The molecule has 27 heavy (non-hydrogen) atoms. The first-order valence-electron chi connectivity index (χ1n) is 10.1. The molecule has 1 unspecified atom stereocenters. The average molecular weight is 373 g/mol. The minimum Gasteiger partial charge on any atom is -0.443 e. The first kappa shape index (κ1) is 19.6. The molecule has 6 heteroatoms. The molecule has 1 aliphatic heterocycles. The lowest BCUT2D eigenvalue weighted by molar-refractivity contribution is -0.118. The fraction of sp³-hybridized carbons (Fsp3) is 0.667. The molecule has 3 rings (SSSR count). The van der Waals surface area contributed by atoms with Crippen LogP contribution in [0.1, 0.15) is 77.3 Å². The van der Waals surface area contributed by atoms with Crippen molar-refractivity contribution in [1.82, 2.24) is 9.88 Å². The number of carbonyl (C=O) groups is 2. The Morgan fingerprint density at radius 1 is 1.19 bits per heavy atom. The van der Waals surface area contributed by atoms with E-state index in [-0.39, 0.29) is 18.2 Å². The summed E-state index contributed by atoms with van der Waals surface area (Å²) in [5, 5.41) is 0. The Morgan fingerprint density at radius 3 is 2.52 bits per heavy atom. The number of hydrogen-bond acceptors (Lipinski definition) is 4. The molecule has 1 aliphatic carbocycles. The van der Waals surface area contributed by atoms with Gasteiger partial charge in [-0.25, -0.2) is 9.78 Å². The molecule has 1 saturated carbocycles. The van der Waals surface area contributed by atoms with Crippen molar-refractivity contribution >= 4 is 18.3 Å². The Kier molecular flexibility index (Phi) is 6.02. The van der Waals surface area contributed by atoms with Gasteiger partial charge in [0.2, 0.25) is 6.41 Å². The molecule has 0 N–H and O–H groups in total. The van der Waals surface area contributed by atoms with Gasteiger partial charge in [-0.3, -0.25) is 9.69 Å². The molecule has 148 valence electrons. The van der Waals surface area contributed by atoms with Gasteiger partial charge in [0.05, 0.1) is 6.04 Å². The molecular formula is C21H31N3O3. The van der Waals surface area contributed by atoms with Crippen LogP contribution in [0.25, 0.3) is 0 Å². The van der Waals surface area contributed by atoms with Gasteiger partial charge in [-0.15, -0.1) is 0 Å². The van der Waals surface area contributed by atoms with Gasteiger partial charge in [0.1, 0.15) is 11.4 Å². The summed E-state index contributed by atoms with van der Waals surface area (Å²) in [6.07, 6.45) is 9.78. The van der Waals surface area contributed by atoms with Gasteiger partial charge in [0.25, 0.3) is 0 Å². The average Bonchev–Trinajstić information content (AvgIpc) is 3.11. The van der Waals surface area contributed by atoms with E-state index in [0.29, 0.717) is 5.82 Å². The third-order valence-electron chi connectivity index (χ3n) is 5.36. The minimum absolute atomic E-state index is 0.0914. The largest absolute Gasteiger partial charge is 0.443 e. The number of aromatic nitrogens is 1. The molecule has 2 heterocycles. The summed E-state index contributed by atoms with van der Waals surface area (Å²) in [7, 11) is 0. The lowest BCUT2D eigenvalue weighted by Crippen LogP contribution is -2.45. The fourth-order valence-electron chi connectivity index (χ4n) is 4.09. The zero-order chi connectivity index (χ0) is 19.4. The smallest absolute Gasteiger partial charge is 0.416 e. The monoisotopic (exact) mass is 373 g/mol. The first-order chi connectivity index (χ1) is 12.9. The van der Waals surface area contributed by atoms with Crippen LogP contribution in [0, 0.1) is 0 Å². The van der Waals surface area contributed by atoms with Gasteiger partial charge in [0, 0.05) is 18.8 Å². The summed E-state index contributed by atoms with van der Waals surface area (Å²) >= 11 is 0. The topological polar surface area (TPSA) is 62.7 Å². The van der Waals surface area contributed by atoms with Gasteiger partial charge in [0.15, 0.2) is 0 Å². The molecule has 0 spiro atoms. The highest BCUT2D eigenvalue weighted by atomic mass is 16.6. The van der Waals surface area contributed by atoms with E-state index >= 15 is 0 Å². The van der Waals surface area contributed by atoms with Crippen molar-refractivity contribution in [2.75, 3.05) is 11.4 Å². The highest BCUT2D eigenvalue weighted by molar-refractivity contribution is 5.87. The van der Waals surface area contributed by atoms with E-state index in [4.69, 9.17) is 4.74 Å². The highest BCUT2D eigenvalue weighted by Crippen LogP contribution is 2.32. The number of pyridine rings is 1. The normalized spacial score (nSPS) is 21.1. The number of rotatable bonds is 4. The molecule has 6 nitrogen and oxygen atoms in total. The number of amides is 2. The van der Waals surface area contributed by atoms with E-state index < -0.39 is 5.60 Å². The molecule has 1 aromatic rings. The molecule has 2 fully saturated rings. The zero-order valence-electron chi connectivity index (χ0n) is 16.7. The molecule has 2 amide bonds. The Morgan fingerprint density at radius 2 is 1.93 bits per heavy atom. The SMILES string of the molecule is CC(C)(C)OC(=O)N(c1ccc(C2CCCN2C=O)cn1)C1CCCCC1. The van der Waals surface area contributed by atoms with Crippen LogP contribution in [0.2, 0.25) is 0 Å². The lowest BCUT2D eigenvalue weighted by Gasteiger charge is -2.35. The third-order valence-corrected chi connectivity index (χ3v) is 5.36. The fourth-order valence-corrected chi connectivity index (χ4v) is 4.09. The van der Waals surface area contributed by atoms with E-state index in [9.17, 15) is 9.59 Å². The maximum Gasteiger partial charge on any atom is 0.416 e. The Bertz CT molecular complexity index is 648. The zero-order valence-corrected chi connectivity index (χ0v) is 16.7. The summed E-state index contributed by atoms with van der Waals surface area (Å²) in [4.78, 5) is 32.3. The Labute approximate surface area is 161 Å². The number of hydrogen-bond donors (Lipinski definition) is 0. The van der Waals surface area contributed by atoms with Crippen LogP contribution >= 0.6 is 0 Å². The van der Waals surface area contributed by atoms with Crippen molar-refractivity contribution in [2.45, 2.75) is 83.4 Å². The van der Waals surface area contributed by atoms with Gasteiger partial charge >= 0.3 is 6.09 Å². The molecule has 0 bridgehead atoms.